The Bertz CT molecular complexity index is 484. The van der Waals surface area contributed by atoms with Crippen molar-refractivity contribution in [3.8, 4) is 0 Å². The predicted molar refractivity (Wildman–Crippen MR) is 85.2 cm³/mol. The van der Waals surface area contributed by atoms with Crippen LogP contribution in [0, 0.1) is 5.92 Å². The summed E-state index contributed by atoms with van der Waals surface area (Å²) in [5, 5.41) is 7.04. The lowest BCUT2D eigenvalue weighted by Crippen LogP contribution is -2.64. The molecule has 1 aliphatic rings. The van der Waals surface area contributed by atoms with Crippen LogP contribution in [0.5, 0.6) is 0 Å². The number of nitrogens with one attached hydrogen (secondary N) is 1. The molecule has 0 bridgehead atoms. The van der Waals surface area contributed by atoms with E-state index in [-0.39, 0.29) is 29.8 Å². The number of amides is 2. The number of hydrogen-bond acceptors (Lipinski definition) is 3. The van der Waals surface area contributed by atoms with E-state index in [1.165, 1.54) is 5.56 Å². The maximum absolute atomic E-state index is 12.7. The molecule has 1 saturated heterocycles. The summed E-state index contributed by atoms with van der Waals surface area (Å²) in [5.74, 6) is 0.187. The molecular formula is C16H24N2O2S. The molecule has 2 unspecified atom stereocenters. The van der Waals surface area contributed by atoms with Crippen molar-refractivity contribution >= 4 is 23.2 Å². The first kappa shape index (κ1) is 16.0. The molecule has 21 heavy (non-hydrogen) atoms. The van der Waals surface area contributed by atoms with Gasteiger partial charge in [-0.2, -0.15) is 11.3 Å². The van der Waals surface area contributed by atoms with Crippen LogP contribution in [0.4, 0.5) is 0 Å². The Morgan fingerprint density at radius 1 is 1.38 bits per heavy atom. The van der Waals surface area contributed by atoms with Crippen LogP contribution in [-0.2, 0) is 16.0 Å². The average molecular weight is 308 g/mol. The third-order valence-corrected chi connectivity index (χ3v) is 4.71. The second-order valence-electron chi connectivity index (χ2n) is 5.95. The topological polar surface area (TPSA) is 49.4 Å². The molecule has 1 aromatic heterocycles. The van der Waals surface area contributed by atoms with Crippen LogP contribution in [0.3, 0.4) is 0 Å². The Balaban J connectivity index is 2.13. The summed E-state index contributed by atoms with van der Waals surface area (Å²) in [6, 6.07) is 1.39. The minimum absolute atomic E-state index is 0.000434. The Morgan fingerprint density at radius 3 is 2.71 bits per heavy atom. The van der Waals surface area contributed by atoms with Crippen molar-refractivity contribution < 1.29 is 9.59 Å². The fourth-order valence-corrected chi connectivity index (χ4v) is 3.45. The third-order valence-electron chi connectivity index (χ3n) is 3.98. The highest BCUT2D eigenvalue weighted by Crippen LogP contribution is 2.19. The summed E-state index contributed by atoms with van der Waals surface area (Å²) in [5.41, 5.74) is 1.23. The summed E-state index contributed by atoms with van der Waals surface area (Å²) < 4.78 is 0. The molecule has 2 amide bonds. The Labute approximate surface area is 130 Å². The van der Waals surface area contributed by atoms with E-state index in [1.807, 2.05) is 26.2 Å². The van der Waals surface area contributed by atoms with Gasteiger partial charge in [-0.15, -0.1) is 0 Å². The Hall–Kier alpha value is -1.36. The number of piperazine rings is 1. The summed E-state index contributed by atoms with van der Waals surface area (Å²) in [7, 11) is 0. The molecular weight excluding hydrogens is 284 g/mol. The first-order chi connectivity index (χ1) is 10.0. The SMILES string of the molecule is CCCC1C(=O)NC(C(C)C)C(=O)N1CCc1ccsc1. The second kappa shape index (κ2) is 7.07. The minimum atomic E-state index is -0.381. The first-order valence-corrected chi connectivity index (χ1v) is 8.60. The number of hydrogen-bond donors (Lipinski definition) is 1. The van der Waals surface area contributed by atoms with Gasteiger partial charge >= 0.3 is 0 Å². The van der Waals surface area contributed by atoms with E-state index in [1.54, 1.807) is 16.2 Å². The largest absolute Gasteiger partial charge is 0.342 e. The van der Waals surface area contributed by atoms with Gasteiger partial charge < -0.3 is 10.2 Å². The minimum Gasteiger partial charge on any atom is -0.342 e. The van der Waals surface area contributed by atoms with E-state index >= 15 is 0 Å². The number of carbonyl (C=O) groups is 2. The van der Waals surface area contributed by atoms with Crippen LogP contribution in [0.15, 0.2) is 16.8 Å². The second-order valence-corrected chi connectivity index (χ2v) is 6.73. The molecule has 0 aromatic carbocycles. The maximum atomic E-state index is 12.7. The van der Waals surface area contributed by atoms with Crippen molar-refractivity contribution in [3.05, 3.63) is 22.4 Å². The lowest BCUT2D eigenvalue weighted by atomic mass is 9.95. The predicted octanol–water partition coefficient (Wildman–Crippen LogP) is 2.44. The van der Waals surface area contributed by atoms with E-state index in [0.29, 0.717) is 6.54 Å². The molecule has 1 N–H and O–H groups in total. The number of rotatable bonds is 6. The van der Waals surface area contributed by atoms with Gasteiger partial charge in [-0.3, -0.25) is 9.59 Å². The molecule has 116 valence electrons. The molecule has 2 atom stereocenters. The molecule has 2 heterocycles. The van der Waals surface area contributed by atoms with Crippen LogP contribution in [0.1, 0.15) is 39.2 Å². The summed E-state index contributed by atoms with van der Waals surface area (Å²) in [6.07, 6.45) is 2.44. The fraction of sp³-hybridized carbons (Fsp3) is 0.625. The van der Waals surface area contributed by atoms with Crippen molar-refractivity contribution in [2.75, 3.05) is 6.54 Å². The van der Waals surface area contributed by atoms with Crippen molar-refractivity contribution in [3.63, 3.8) is 0 Å². The van der Waals surface area contributed by atoms with E-state index in [0.717, 1.165) is 19.3 Å². The molecule has 0 aliphatic carbocycles. The van der Waals surface area contributed by atoms with Gasteiger partial charge in [0.25, 0.3) is 0 Å². The van der Waals surface area contributed by atoms with Gasteiger partial charge in [0.1, 0.15) is 12.1 Å². The molecule has 1 fully saturated rings. The molecule has 5 heteroatoms. The van der Waals surface area contributed by atoms with Gasteiger partial charge in [-0.05, 0) is 41.1 Å². The zero-order valence-electron chi connectivity index (χ0n) is 13.0. The zero-order valence-corrected chi connectivity index (χ0v) is 13.8. The van der Waals surface area contributed by atoms with Crippen LogP contribution in [-0.4, -0.2) is 35.3 Å². The summed E-state index contributed by atoms with van der Waals surface area (Å²) in [6.45, 7) is 6.61. The number of nitrogens with zero attached hydrogens (tertiary/aromatic N) is 1. The van der Waals surface area contributed by atoms with Gasteiger partial charge in [-0.1, -0.05) is 27.2 Å². The molecule has 0 spiro atoms. The maximum Gasteiger partial charge on any atom is 0.246 e. The fourth-order valence-electron chi connectivity index (χ4n) is 2.75. The van der Waals surface area contributed by atoms with Crippen molar-refractivity contribution in [2.24, 2.45) is 5.92 Å². The summed E-state index contributed by atoms with van der Waals surface area (Å²) >= 11 is 1.66. The van der Waals surface area contributed by atoms with Gasteiger partial charge in [0.15, 0.2) is 0 Å². The van der Waals surface area contributed by atoms with E-state index in [4.69, 9.17) is 0 Å². The zero-order chi connectivity index (χ0) is 15.4. The monoisotopic (exact) mass is 308 g/mol. The highest BCUT2D eigenvalue weighted by molar-refractivity contribution is 7.07. The quantitative estimate of drug-likeness (QED) is 0.877. The molecule has 1 aromatic rings. The normalized spacial score (nSPS) is 22.8. The number of carbonyl (C=O) groups excluding carboxylic acids is 2. The Morgan fingerprint density at radius 2 is 2.14 bits per heavy atom. The van der Waals surface area contributed by atoms with Crippen LogP contribution in [0.2, 0.25) is 0 Å². The first-order valence-electron chi connectivity index (χ1n) is 7.66. The molecule has 2 rings (SSSR count). The van der Waals surface area contributed by atoms with Crippen LogP contribution in [0.25, 0.3) is 0 Å². The standard InChI is InChI=1S/C16H24N2O2S/c1-4-5-13-15(19)17-14(11(2)3)16(20)18(13)8-6-12-7-9-21-10-12/h7,9-11,13-14H,4-6,8H2,1-3H3,(H,17,19). The van der Waals surface area contributed by atoms with E-state index < -0.39 is 0 Å². The molecule has 0 radical (unpaired) electrons. The van der Waals surface area contributed by atoms with Gasteiger partial charge in [0.05, 0.1) is 0 Å². The third kappa shape index (κ3) is 3.64. The van der Waals surface area contributed by atoms with Crippen LogP contribution < -0.4 is 5.32 Å². The molecule has 1 aliphatic heterocycles. The van der Waals surface area contributed by atoms with E-state index in [2.05, 4.69) is 16.8 Å². The van der Waals surface area contributed by atoms with E-state index in [9.17, 15) is 9.59 Å². The van der Waals surface area contributed by atoms with Crippen molar-refractivity contribution in [2.45, 2.75) is 52.1 Å². The van der Waals surface area contributed by atoms with Crippen molar-refractivity contribution in [1.82, 2.24) is 10.2 Å². The molecule has 4 nitrogen and oxygen atoms in total. The van der Waals surface area contributed by atoms with Gasteiger partial charge in [0, 0.05) is 6.54 Å². The smallest absolute Gasteiger partial charge is 0.246 e. The lowest BCUT2D eigenvalue weighted by Gasteiger charge is -2.40. The van der Waals surface area contributed by atoms with Crippen LogP contribution >= 0.6 is 11.3 Å². The summed E-state index contributed by atoms with van der Waals surface area (Å²) in [4.78, 5) is 26.8. The highest BCUT2D eigenvalue weighted by Gasteiger charge is 2.40. The van der Waals surface area contributed by atoms with Gasteiger partial charge in [0.2, 0.25) is 11.8 Å². The average Bonchev–Trinajstić information content (AvgIpc) is 2.95. The van der Waals surface area contributed by atoms with Gasteiger partial charge in [-0.25, -0.2) is 0 Å². The molecule has 0 saturated carbocycles. The lowest BCUT2D eigenvalue weighted by molar-refractivity contribution is -0.150. The highest BCUT2D eigenvalue weighted by atomic mass is 32.1. The van der Waals surface area contributed by atoms with Crippen molar-refractivity contribution in [1.29, 1.82) is 0 Å². The number of thiophene rings is 1. The Kier molecular flexibility index (Phi) is 5.39.